The molecule has 2 aromatic carbocycles. The van der Waals surface area contributed by atoms with Crippen LogP contribution in [0.5, 0.6) is 5.75 Å². The summed E-state index contributed by atoms with van der Waals surface area (Å²) in [6.07, 6.45) is 0. The number of hydrogen-bond acceptors (Lipinski definition) is 3. The van der Waals surface area contributed by atoms with E-state index in [1.165, 1.54) is 6.07 Å². The summed E-state index contributed by atoms with van der Waals surface area (Å²) in [6, 6.07) is 14.0. The van der Waals surface area contributed by atoms with Crippen molar-refractivity contribution in [2.24, 2.45) is 0 Å². The fourth-order valence-electron chi connectivity index (χ4n) is 3.53. The largest absolute Gasteiger partial charge is 0.497 e. The second kappa shape index (κ2) is 7.74. The van der Waals surface area contributed by atoms with E-state index in [0.29, 0.717) is 22.4 Å². The molecule has 0 aliphatic rings. The Morgan fingerprint density at radius 2 is 1.59 bits per heavy atom. The number of carbonyl (C=O) groups is 1. The molecule has 3 rings (SSSR count). The molecule has 0 saturated carbocycles. The zero-order valence-electron chi connectivity index (χ0n) is 17.7. The van der Waals surface area contributed by atoms with Crippen molar-refractivity contribution in [3.63, 3.8) is 0 Å². The maximum absolute atomic E-state index is 14.7. The first kappa shape index (κ1) is 20.6. The second-order valence-corrected chi connectivity index (χ2v) is 7.94. The van der Waals surface area contributed by atoms with Crippen LogP contribution in [0.3, 0.4) is 0 Å². The van der Waals surface area contributed by atoms with Crippen LogP contribution in [0.15, 0.2) is 48.5 Å². The van der Waals surface area contributed by atoms with Crippen molar-refractivity contribution in [2.75, 3.05) is 7.11 Å². The lowest BCUT2D eigenvalue weighted by molar-refractivity contribution is 0.00696. The van der Waals surface area contributed by atoms with E-state index in [4.69, 9.17) is 9.47 Å². The molecular weight excluding hydrogens is 369 g/mol. The fraction of sp³-hybridized carbons (Fsp3) is 0.292. The van der Waals surface area contributed by atoms with Gasteiger partial charge in [0.25, 0.3) is 0 Å². The molecule has 0 aliphatic heterocycles. The van der Waals surface area contributed by atoms with Crippen LogP contribution in [0.4, 0.5) is 4.39 Å². The third-order valence-corrected chi connectivity index (χ3v) is 4.72. The van der Waals surface area contributed by atoms with Gasteiger partial charge < -0.3 is 14.0 Å². The van der Waals surface area contributed by atoms with Crippen LogP contribution in [-0.2, 0) is 4.74 Å². The van der Waals surface area contributed by atoms with E-state index in [9.17, 15) is 9.18 Å². The number of methoxy groups -OCH3 is 1. The number of nitrogens with zero attached hydrogens (tertiary/aromatic N) is 1. The van der Waals surface area contributed by atoms with Gasteiger partial charge in [-0.15, -0.1) is 0 Å². The number of ether oxygens (including phenoxy) is 2. The van der Waals surface area contributed by atoms with E-state index in [-0.39, 0.29) is 5.82 Å². The van der Waals surface area contributed by atoms with Crippen LogP contribution in [-0.4, -0.2) is 23.2 Å². The SMILES string of the molecule is COc1ccc(-n2c(C)c(C(=O)OC(C)(C)C)c(-c3ccccc3F)c2C)cc1. The maximum Gasteiger partial charge on any atom is 0.341 e. The highest BCUT2D eigenvalue weighted by Crippen LogP contribution is 2.37. The average molecular weight is 395 g/mol. The van der Waals surface area contributed by atoms with E-state index < -0.39 is 11.6 Å². The van der Waals surface area contributed by atoms with Gasteiger partial charge in [-0.2, -0.15) is 0 Å². The molecule has 152 valence electrons. The van der Waals surface area contributed by atoms with E-state index >= 15 is 0 Å². The van der Waals surface area contributed by atoms with Gasteiger partial charge in [0.05, 0.1) is 12.7 Å². The molecule has 0 unspecified atom stereocenters. The average Bonchev–Trinajstić information content (AvgIpc) is 2.91. The Kier molecular flexibility index (Phi) is 5.51. The van der Waals surface area contributed by atoms with Crippen molar-refractivity contribution in [3.8, 4) is 22.6 Å². The highest BCUT2D eigenvalue weighted by atomic mass is 19.1. The normalized spacial score (nSPS) is 11.4. The molecule has 1 aromatic heterocycles. The van der Waals surface area contributed by atoms with E-state index in [0.717, 1.165) is 17.1 Å². The van der Waals surface area contributed by atoms with Crippen molar-refractivity contribution in [1.82, 2.24) is 4.57 Å². The molecule has 0 bridgehead atoms. The second-order valence-electron chi connectivity index (χ2n) is 7.94. The molecule has 0 spiro atoms. The topological polar surface area (TPSA) is 40.5 Å². The third-order valence-electron chi connectivity index (χ3n) is 4.72. The van der Waals surface area contributed by atoms with Gasteiger partial charge in [0.15, 0.2) is 0 Å². The zero-order valence-corrected chi connectivity index (χ0v) is 17.7. The summed E-state index contributed by atoms with van der Waals surface area (Å²) < 4.78 is 27.5. The van der Waals surface area contributed by atoms with E-state index in [1.807, 2.05) is 63.5 Å². The quantitative estimate of drug-likeness (QED) is 0.519. The Hall–Kier alpha value is -3.08. The lowest BCUT2D eigenvalue weighted by Crippen LogP contribution is -2.24. The van der Waals surface area contributed by atoms with Gasteiger partial charge in [-0.25, -0.2) is 9.18 Å². The van der Waals surface area contributed by atoms with Gasteiger partial charge in [0, 0.05) is 28.2 Å². The van der Waals surface area contributed by atoms with Crippen molar-refractivity contribution >= 4 is 5.97 Å². The van der Waals surface area contributed by atoms with Crippen molar-refractivity contribution in [2.45, 2.75) is 40.2 Å². The summed E-state index contributed by atoms with van der Waals surface area (Å²) in [5, 5.41) is 0. The molecule has 0 aliphatic carbocycles. The van der Waals surface area contributed by atoms with Crippen LogP contribution in [0.25, 0.3) is 16.8 Å². The Labute approximate surface area is 170 Å². The number of esters is 1. The number of halogens is 1. The summed E-state index contributed by atoms with van der Waals surface area (Å²) in [6.45, 7) is 9.18. The van der Waals surface area contributed by atoms with Crippen molar-refractivity contribution in [1.29, 1.82) is 0 Å². The predicted octanol–water partition coefficient (Wildman–Crippen LogP) is 5.86. The molecule has 0 fully saturated rings. The Balaban J connectivity index is 2.28. The molecule has 0 atom stereocenters. The van der Waals surface area contributed by atoms with E-state index in [1.54, 1.807) is 25.3 Å². The Bertz CT molecular complexity index is 1040. The molecule has 0 amide bonds. The van der Waals surface area contributed by atoms with Crippen molar-refractivity contribution < 1.29 is 18.7 Å². The first-order valence-electron chi connectivity index (χ1n) is 9.48. The lowest BCUT2D eigenvalue weighted by atomic mass is 10.00. The summed E-state index contributed by atoms with van der Waals surface area (Å²) in [4.78, 5) is 13.1. The summed E-state index contributed by atoms with van der Waals surface area (Å²) in [7, 11) is 1.61. The molecule has 4 nitrogen and oxygen atoms in total. The lowest BCUT2D eigenvalue weighted by Gasteiger charge is -2.20. The van der Waals surface area contributed by atoms with Crippen LogP contribution in [0.1, 0.15) is 42.5 Å². The summed E-state index contributed by atoms with van der Waals surface area (Å²) in [5.41, 5.74) is 2.95. The number of rotatable bonds is 4. The molecule has 0 radical (unpaired) electrons. The zero-order chi connectivity index (χ0) is 21.3. The Morgan fingerprint density at radius 1 is 0.966 bits per heavy atom. The van der Waals surface area contributed by atoms with Gasteiger partial charge in [0.2, 0.25) is 0 Å². The highest BCUT2D eigenvalue weighted by molar-refractivity contribution is 6.00. The van der Waals surface area contributed by atoms with Gasteiger partial charge in [-0.05, 0) is 65.0 Å². The first-order valence-corrected chi connectivity index (χ1v) is 9.48. The molecule has 3 aromatic rings. The number of carbonyl (C=O) groups excluding carboxylic acids is 1. The van der Waals surface area contributed by atoms with Crippen LogP contribution in [0, 0.1) is 19.7 Å². The van der Waals surface area contributed by atoms with Gasteiger partial charge in [-0.1, -0.05) is 18.2 Å². The molecule has 5 heteroatoms. The molecule has 1 heterocycles. The fourth-order valence-corrected chi connectivity index (χ4v) is 3.53. The van der Waals surface area contributed by atoms with Crippen LogP contribution < -0.4 is 4.74 Å². The predicted molar refractivity (Wildman–Crippen MR) is 112 cm³/mol. The van der Waals surface area contributed by atoms with Gasteiger partial charge in [-0.3, -0.25) is 0 Å². The summed E-state index contributed by atoms with van der Waals surface area (Å²) >= 11 is 0. The monoisotopic (exact) mass is 395 g/mol. The molecular formula is C24H26FNO3. The smallest absolute Gasteiger partial charge is 0.341 e. The van der Waals surface area contributed by atoms with E-state index in [2.05, 4.69) is 0 Å². The minimum atomic E-state index is -0.661. The van der Waals surface area contributed by atoms with Gasteiger partial charge in [0.1, 0.15) is 17.2 Å². The number of hydrogen-bond donors (Lipinski definition) is 0. The standard InChI is InChI=1S/C24H26FNO3/c1-15-21(19-9-7-8-10-20(19)25)22(23(27)29-24(3,4)5)16(2)26(15)17-11-13-18(28-6)14-12-17/h7-14H,1-6H3. The number of benzene rings is 2. The van der Waals surface area contributed by atoms with Crippen molar-refractivity contribution in [3.05, 3.63) is 71.3 Å². The van der Waals surface area contributed by atoms with Gasteiger partial charge >= 0.3 is 5.97 Å². The third kappa shape index (κ3) is 4.04. The molecule has 0 saturated heterocycles. The van der Waals surface area contributed by atoms with Crippen LogP contribution in [0.2, 0.25) is 0 Å². The summed E-state index contributed by atoms with van der Waals surface area (Å²) in [5.74, 6) is -0.117. The molecule has 29 heavy (non-hydrogen) atoms. The highest BCUT2D eigenvalue weighted by Gasteiger charge is 2.29. The number of aromatic nitrogens is 1. The van der Waals surface area contributed by atoms with Crippen LogP contribution >= 0.6 is 0 Å². The first-order chi connectivity index (χ1) is 13.6. The molecule has 0 N–H and O–H groups in total. The minimum Gasteiger partial charge on any atom is -0.497 e. The maximum atomic E-state index is 14.7. The minimum absolute atomic E-state index is 0.373. The Morgan fingerprint density at radius 3 is 2.14 bits per heavy atom.